The lowest BCUT2D eigenvalue weighted by Gasteiger charge is -2.45. The first kappa shape index (κ1) is 46.8. The van der Waals surface area contributed by atoms with E-state index in [0.29, 0.717) is 34.2 Å². The van der Waals surface area contributed by atoms with Crippen LogP contribution in [-0.4, -0.2) is 112 Å². The molecule has 0 saturated carbocycles. The third-order valence-corrected chi connectivity index (χ3v) is 12.7. The van der Waals surface area contributed by atoms with E-state index in [2.05, 4.69) is 25.1 Å². The molecule has 18 heteroatoms. The van der Waals surface area contributed by atoms with E-state index < -0.39 is 66.2 Å². The highest BCUT2D eigenvalue weighted by atomic mass is 35.5. The minimum Gasteiger partial charge on any atom is -0.457 e. The zero-order valence-corrected chi connectivity index (χ0v) is 37.4. The number of carbonyl (C=O) groups excluding carboxylic acids is 4. The molecule has 13 nitrogen and oxygen atoms in total. The van der Waals surface area contributed by atoms with Crippen molar-refractivity contribution >= 4 is 46.8 Å². The third-order valence-electron chi connectivity index (χ3n) is 12.3. The standard InChI is InChI=1S/C46H52Cl2F3N7O6/c1-29-42(60)53-37(27-63-3)43(61)54-45(22-30-6-11-34(47)12-7-30)16-4-19-57(28-45)44(62)33(23-46(49,50)51)20-41(59)58(29)25-32-8-13-35(48)21-39(32)64-36-14-9-31(10-15-36)38-24-52-40(55(38)2)26-56-17-5-18-56/h6-15,21,24,29,33,37H,4-5,16-20,22-23,25-28H2,1-3H3,(H,53,60)(H,54,61)/t29-,33-,37?,45+/m0/s1. The molecule has 2 N–H and O–H groups in total. The van der Waals surface area contributed by atoms with Crippen LogP contribution >= 0.6 is 23.2 Å². The van der Waals surface area contributed by atoms with Crippen LogP contribution in [0.4, 0.5) is 13.2 Å². The van der Waals surface area contributed by atoms with E-state index in [-0.39, 0.29) is 38.4 Å². The number of nitrogens with one attached hydrogen (secondary N) is 2. The van der Waals surface area contributed by atoms with Gasteiger partial charge in [-0.2, -0.15) is 13.2 Å². The summed E-state index contributed by atoms with van der Waals surface area (Å²) in [5.41, 5.74) is 1.82. The number of hydrogen-bond acceptors (Lipinski definition) is 8. The van der Waals surface area contributed by atoms with Crippen molar-refractivity contribution in [3.8, 4) is 22.8 Å². The van der Waals surface area contributed by atoms with Gasteiger partial charge in [-0.3, -0.25) is 24.1 Å². The van der Waals surface area contributed by atoms with Gasteiger partial charge in [0, 0.05) is 54.8 Å². The maximum absolute atomic E-state index is 14.5. The zero-order valence-electron chi connectivity index (χ0n) is 35.9. The van der Waals surface area contributed by atoms with Crippen LogP contribution in [0.15, 0.2) is 72.9 Å². The van der Waals surface area contributed by atoms with Crippen LogP contribution in [-0.2, 0) is 50.5 Å². The van der Waals surface area contributed by atoms with Crippen molar-refractivity contribution in [3.05, 3.63) is 99.9 Å². The van der Waals surface area contributed by atoms with Gasteiger partial charge in [0.1, 0.15) is 29.4 Å². The normalized spacial score (nSPS) is 22.7. The zero-order chi connectivity index (χ0) is 45.8. The van der Waals surface area contributed by atoms with E-state index >= 15 is 0 Å². The quantitative estimate of drug-likeness (QED) is 0.156. The molecule has 4 heterocycles. The molecular formula is C46H52Cl2F3N7O6. The number of benzene rings is 3. The molecule has 3 aliphatic heterocycles. The smallest absolute Gasteiger partial charge is 0.389 e. The summed E-state index contributed by atoms with van der Waals surface area (Å²) in [4.78, 5) is 66.5. The number of likely N-dealkylation sites (tertiary alicyclic amines) is 1. The van der Waals surface area contributed by atoms with Crippen LogP contribution in [0, 0.1) is 5.92 Å². The van der Waals surface area contributed by atoms with E-state index in [9.17, 15) is 32.3 Å². The van der Waals surface area contributed by atoms with Crippen molar-refractivity contribution in [1.82, 2.24) is 34.9 Å². The molecule has 4 atom stereocenters. The average molecular weight is 927 g/mol. The van der Waals surface area contributed by atoms with Crippen LogP contribution < -0.4 is 15.4 Å². The highest BCUT2D eigenvalue weighted by Gasteiger charge is 2.45. The van der Waals surface area contributed by atoms with Crippen molar-refractivity contribution in [1.29, 1.82) is 0 Å². The van der Waals surface area contributed by atoms with E-state index in [1.165, 1.54) is 31.4 Å². The topological polar surface area (TPSA) is 138 Å². The van der Waals surface area contributed by atoms with Crippen LogP contribution in [0.5, 0.6) is 11.5 Å². The van der Waals surface area contributed by atoms with Crippen LogP contribution in [0.3, 0.4) is 0 Å². The predicted molar refractivity (Wildman–Crippen MR) is 235 cm³/mol. The van der Waals surface area contributed by atoms with Gasteiger partial charge in [0.15, 0.2) is 0 Å². The third kappa shape index (κ3) is 11.4. The van der Waals surface area contributed by atoms with Crippen LogP contribution in [0.25, 0.3) is 11.3 Å². The summed E-state index contributed by atoms with van der Waals surface area (Å²) in [5.74, 6) is -3.37. The molecule has 0 spiro atoms. The number of halogens is 5. The van der Waals surface area contributed by atoms with Gasteiger partial charge in [0.2, 0.25) is 23.6 Å². The van der Waals surface area contributed by atoms with Gasteiger partial charge >= 0.3 is 6.18 Å². The summed E-state index contributed by atoms with van der Waals surface area (Å²) >= 11 is 12.6. The fourth-order valence-electron chi connectivity index (χ4n) is 8.65. The summed E-state index contributed by atoms with van der Waals surface area (Å²) in [5, 5.41) is 6.57. The van der Waals surface area contributed by atoms with Crippen LogP contribution in [0.2, 0.25) is 10.0 Å². The monoisotopic (exact) mass is 925 g/mol. The molecule has 7 rings (SSSR count). The summed E-state index contributed by atoms with van der Waals surface area (Å²) < 4.78 is 56.7. The van der Waals surface area contributed by atoms with Crippen molar-refractivity contribution < 1.29 is 41.8 Å². The minimum atomic E-state index is -4.81. The number of ether oxygens (including phenoxy) is 2. The number of fused-ring (bicyclic) bond motifs is 2. The average Bonchev–Trinajstić information content (AvgIpc) is 3.60. The van der Waals surface area contributed by atoms with Gasteiger partial charge in [0.05, 0.1) is 49.5 Å². The van der Waals surface area contributed by atoms with Crippen molar-refractivity contribution in [3.63, 3.8) is 0 Å². The highest BCUT2D eigenvalue weighted by molar-refractivity contribution is 6.31. The van der Waals surface area contributed by atoms with Gasteiger partial charge < -0.3 is 34.5 Å². The predicted octanol–water partition coefficient (Wildman–Crippen LogP) is 6.93. The van der Waals surface area contributed by atoms with E-state index in [1.807, 2.05) is 25.4 Å². The van der Waals surface area contributed by atoms with Crippen molar-refractivity contribution in [2.45, 2.75) is 82.3 Å². The lowest BCUT2D eigenvalue weighted by Crippen LogP contribution is -2.65. The number of hydrogen-bond donors (Lipinski definition) is 2. The summed E-state index contributed by atoms with van der Waals surface area (Å²) in [6.07, 6.45) is -3.27. The largest absolute Gasteiger partial charge is 0.457 e. The van der Waals surface area contributed by atoms with Gasteiger partial charge in [-0.1, -0.05) is 41.4 Å². The Hall–Kier alpha value is -5.16. The lowest BCUT2D eigenvalue weighted by atomic mass is 9.82. The Kier molecular flexibility index (Phi) is 14.6. The summed E-state index contributed by atoms with van der Waals surface area (Å²) in [7, 11) is 3.34. The number of amides is 4. The Morgan fingerprint density at radius 2 is 1.62 bits per heavy atom. The number of aromatic nitrogens is 2. The number of methoxy groups -OCH3 is 1. The second-order valence-corrected chi connectivity index (χ2v) is 17.9. The first-order valence-electron chi connectivity index (χ1n) is 21.3. The molecule has 64 heavy (non-hydrogen) atoms. The highest BCUT2D eigenvalue weighted by Crippen LogP contribution is 2.35. The second kappa shape index (κ2) is 19.9. The van der Waals surface area contributed by atoms with E-state index in [0.717, 1.165) is 47.2 Å². The maximum atomic E-state index is 14.5. The fourth-order valence-corrected chi connectivity index (χ4v) is 8.94. The molecule has 0 radical (unpaired) electrons. The van der Waals surface area contributed by atoms with Crippen molar-refractivity contribution in [2.75, 3.05) is 39.9 Å². The SMILES string of the molecule is COCC1NC(=O)[C@H](C)N(Cc2ccc(Cl)cc2Oc2ccc(-c3cnc(CN4CCC4)n3C)cc2)C(=O)C[C@@H](CC(F)(F)F)C(=O)N2CCC[C@@](Cc3ccc(Cl)cc3)(C2)NC1=O. The number of nitrogens with zero attached hydrogens (tertiary/aromatic N) is 5. The molecule has 3 aliphatic rings. The number of carbonyl (C=O) groups is 4. The molecule has 4 aromatic rings. The molecule has 2 bridgehead atoms. The molecule has 342 valence electrons. The molecule has 1 aromatic heterocycles. The van der Waals surface area contributed by atoms with Crippen LogP contribution in [0.1, 0.15) is 56.0 Å². The number of imidazole rings is 1. The number of alkyl halides is 3. The van der Waals surface area contributed by atoms with Gasteiger partial charge in [-0.25, -0.2) is 4.98 Å². The molecule has 3 aromatic carbocycles. The Morgan fingerprint density at radius 1 is 0.906 bits per heavy atom. The Balaban J connectivity index is 1.18. The molecular weight excluding hydrogens is 874 g/mol. The van der Waals surface area contributed by atoms with E-state index in [4.69, 9.17) is 32.7 Å². The first-order valence-corrected chi connectivity index (χ1v) is 22.1. The first-order chi connectivity index (χ1) is 30.5. The Morgan fingerprint density at radius 3 is 2.30 bits per heavy atom. The number of piperidine rings is 1. The lowest BCUT2D eigenvalue weighted by molar-refractivity contribution is -0.164. The fraction of sp³-hybridized carbons (Fsp3) is 0.457. The molecule has 0 aliphatic carbocycles. The maximum Gasteiger partial charge on any atom is 0.389 e. The molecule has 3 fully saturated rings. The molecule has 4 amide bonds. The van der Waals surface area contributed by atoms with Gasteiger partial charge in [-0.15, -0.1) is 0 Å². The second-order valence-electron chi connectivity index (χ2n) is 17.0. The Bertz CT molecular complexity index is 2330. The van der Waals surface area contributed by atoms with E-state index in [1.54, 1.807) is 48.5 Å². The van der Waals surface area contributed by atoms with Gasteiger partial charge in [-0.05, 0) is 99.8 Å². The number of rotatable bonds is 12. The summed E-state index contributed by atoms with van der Waals surface area (Å²) in [6.45, 7) is 3.70. The minimum absolute atomic E-state index is 0.117. The van der Waals surface area contributed by atoms with Crippen molar-refractivity contribution in [2.24, 2.45) is 13.0 Å². The van der Waals surface area contributed by atoms with Gasteiger partial charge in [0.25, 0.3) is 0 Å². The molecule has 1 unspecified atom stereocenters. The molecule has 3 saturated heterocycles. The summed E-state index contributed by atoms with van der Waals surface area (Å²) in [6, 6.07) is 16.3. The Labute approximate surface area is 380 Å².